The fourth-order valence-corrected chi connectivity index (χ4v) is 3.90. The van der Waals surface area contributed by atoms with Gasteiger partial charge in [-0.05, 0) is 31.4 Å². The number of hydrogen-bond acceptors (Lipinski definition) is 4. The Kier molecular flexibility index (Phi) is 6.51. The molecule has 1 aliphatic carbocycles. The second-order valence-electron chi connectivity index (χ2n) is 7.48. The number of carboxylic acids is 1. The van der Waals surface area contributed by atoms with E-state index >= 15 is 0 Å². The zero-order chi connectivity index (χ0) is 20.1. The Balaban J connectivity index is 1.40. The van der Waals surface area contributed by atoms with Crippen LogP contribution in [-0.4, -0.2) is 70.6 Å². The van der Waals surface area contributed by atoms with Crippen LogP contribution in [0.5, 0.6) is 0 Å². The van der Waals surface area contributed by atoms with E-state index in [-0.39, 0.29) is 30.6 Å². The molecule has 1 aliphatic heterocycles. The Bertz CT molecular complexity index is 705. The van der Waals surface area contributed by atoms with Crippen LogP contribution in [0.25, 0.3) is 0 Å². The number of carboxylic acid groups (broad SMARTS) is 1. The number of urea groups is 1. The SMILES string of the molecule is CCN(CC(=O)O)C1CC(NC(=O)NC2CCN(Cc3ccccc3)C2=O)C1. The average Bonchev–Trinajstić information content (AvgIpc) is 2.97. The molecule has 3 N–H and O–H groups in total. The number of hydrogen-bond donors (Lipinski definition) is 3. The third kappa shape index (κ3) is 5.01. The van der Waals surface area contributed by atoms with E-state index < -0.39 is 12.0 Å². The minimum Gasteiger partial charge on any atom is -0.480 e. The van der Waals surface area contributed by atoms with Gasteiger partial charge < -0.3 is 20.6 Å². The first-order valence-electron chi connectivity index (χ1n) is 9.81. The molecule has 8 nitrogen and oxygen atoms in total. The number of aliphatic carboxylic acids is 1. The van der Waals surface area contributed by atoms with Gasteiger partial charge in [-0.25, -0.2) is 4.79 Å². The van der Waals surface area contributed by atoms with Crippen molar-refractivity contribution in [2.45, 2.75) is 50.9 Å². The van der Waals surface area contributed by atoms with E-state index in [0.717, 1.165) is 18.4 Å². The van der Waals surface area contributed by atoms with Gasteiger partial charge in [0.05, 0.1) is 6.54 Å². The number of nitrogens with zero attached hydrogens (tertiary/aromatic N) is 2. The first-order chi connectivity index (χ1) is 13.5. The van der Waals surface area contributed by atoms with Crippen LogP contribution in [0, 0.1) is 0 Å². The van der Waals surface area contributed by atoms with E-state index in [4.69, 9.17) is 5.11 Å². The fourth-order valence-electron chi connectivity index (χ4n) is 3.90. The summed E-state index contributed by atoms with van der Waals surface area (Å²) in [5.41, 5.74) is 1.07. The second-order valence-corrected chi connectivity index (χ2v) is 7.48. The van der Waals surface area contributed by atoms with E-state index in [2.05, 4.69) is 10.6 Å². The second kappa shape index (κ2) is 9.05. The summed E-state index contributed by atoms with van der Waals surface area (Å²) in [7, 11) is 0. The Morgan fingerprint density at radius 2 is 1.93 bits per heavy atom. The third-order valence-corrected chi connectivity index (χ3v) is 5.53. The largest absolute Gasteiger partial charge is 0.480 e. The predicted molar refractivity (Wildman–Crippen MR) is 104 cm³/mol. The van der Waals surface area contributed by atoms with Gasteiger partial charge in [-0.3, -0.25) is 14.5 Å². The highest BCUT2D eigenvalue weighted by Gasteiger charge is 2.36. The highest BCUT2D eigenvalue weighted by atomic mass is 16.4. The van der Waals surface area contributed by atoms with Crippen LogP contribution in [0.4, 0.5) is 4.79 Å². The molecular formula is C20H28N4O4. The van der Waals surface area contributed by atoms with Crippen LogP contribution >= 0.6 is 0 Å². The van der Waals surface area contributed by atoms with E-state index in [9.17, 15) is 14.4 Å². The first-order valence-corrected chi connectivity index (χ1v) is 9.81. The summed E-state index contributed by atoms with van der Waals surface area (Å²) in [6, 6.07) is 9.18. The van der Waals surface area contributed by atoms with Gasteiger partial charge in [-0.15, -0.1) is 0 Å². The zero-order valence-electron chi connectivity index (χ0n) is 16.1. The van der Waals surface area contributed by atoms with Gasteiger partial charge >= 0.3 is 12.0 Å². The average molecular weight is 388 g/mol. The highest BCUT2D eigenvalue weighted by Crippen LogP contribution is 2.25. The summed E-state index contributed by atoms with van der Waals surface area (Å²) in [6.07, 6.45) is 2.06. The lowest BCUT2D eigenvalue weighted by atomic mass is 9.85. The molecule has 1 atom stereocenters. The van der Waals surface area contributed by atoms with Gasteiger partial charge in [0.1, 0.15) is 6.04 Å². The van der Waals surface area contributed by atoms with E-state index in [1.165, 1.54) is 0 Å². The Morgan fingerprint density at radius 3 is 2.57 bits per heavy atom. The molecule has 28 heavy (non-hydrogen) atoms. The van der Waals surface area contributed by atoms with Crippen molar-refractivity contribution in [2.75, 3.05) is 19.6 Å². The number of nitrogens with one attached hydrogen (secondary N) is 2. The molecule has 8 heteroatoms. The van der Waals surface area contributed by atoms with Crippen LogP contribution in [0.3, 0.4) is 0 Å². The molecular weight excluding hydrogens is 360 g/mol. The Labute approximate surface area is 164 Å². The molecule has 3 rings (SSSR count). The minimum absolute atomic E-state index is 0.0183. The molecule has 2 fully saturated rings. The van der Waals surface area contributed by atoms with Gasteiger partial charge in [0.2, 0.25) is 5.91 Å². The smallest absolute Gasteiger partial charge is 0.317 e. The number of benzene rings is 1. The molecule has 1 unspecified atom stereocenters. The Hall–Kier alpha value is -2.61. The van der Waals surface area contributed by atoms with Gasteiger partial charge in [0.25, 0.3) is 0 Å². The van der Waals surface area contributed by atoms with Crippen molar-refractivity contribution in [1.29, 1.82) is 0 Å². The van der Waals surface area contributed by atoms with Crippen LogP contribution in [0.1, 0.15) is 31.7 Å². The molecule has 1 saturated carbocycles. The zero-order valence-corrected chi connectivity index (χ0v) is 16.1. The quantitative estimate of drug-likeness (QED) is 0.617. The lowest BCUT2D eigenvalue weighted by Crippen LogP contribution is -2.57. The number of amides is 3. The van der Waals surface area contributed by atoms with Crippen molar-refractivity contribution < 1.29 is 19.5 Å². The summed E-state index contributed by atoms with van der Waals surface area (Å²) in [5, 5.41) is 14.6. The minimum atomic E-state index is -0.837. The van der Waals surface area contributed by atoms with Crippen molar-refractivity contribution in [3.63, 3.8) is 0 Å². The summed E-state index contributed by atoms with van der Waals surface area (Å²) < 4.78 is 0. The highest BCUT2D eigenvalue weighted by molar-refractivity contribution is 5.88. The van der Waals surface area contributed by atoms with Gasteiger partial charge in [-0.1, -0.05) is 37.3 Å². The molecule has 1 saturated heterocycles. The standard InChI is InChI=1S/C20H28N4O4/c1-2-23(13-18(25)26)16-10-15(11-16)21-20(28)22-17-8-9-24(19(17)27)12-14-6-4-3-5-7-14/h3-7,15-17H,2,8-13H2,1H3,(H,25,26)(H2,21,22,28). The van der Waals surface area contributed by atoms with Crippen LogP contribution < -0.4 is 10.6 Å². The van der Waals surface area contributed by atoms with Gasteiger partial charge in [0.15, 0.2) is 0 Å². The molecule has 0 aromatic heterocycles. The van der Waals surface area contributed by atoms with E-state index in [1.807, 2.05) is 42.2 Å². The summed E-state index contributed by atoms with van der Waals surface area (Å²) in [5.74, 6) is -0.889. The molecule has 0 spiro atoms. The summed E-state index contributed by atoms with van der Waals surface area (Å²) in [4.78, 5) is 39.3. The maximum absolute atomic E-state index is 12.5. The molecule has 152 valence electrons. The summed E-state index contributed by atoms with van der Waals surface area (Å²) in [6.45, 7) is 3.81. The maximum atomic E-state index is 12.5. The molecule has 2 aliphatic rings. The summed E-state index contributed by atoms with van der Waals surface area (Å²) >= 11 is 0. The molecule has 1 aromatic rings. The van der Waals surface area contributed by atoms with Crippen molar-refractivity contribution >= 4 is 17.9 Å². The first kappa shape index (κ1) is 20.1. The Morgan fingerprint density at radius 1 is 1.21 bits per heavy atom. The monoisotopic (exact) mass is 388 g/mol. The fraction of sp³-hybridized carbons (Fsp3) is 0.550. The molecule has 0 radical (unpaired) electrons. The number of carbonyl (C=O) groups is 3. The van der Waals surface area contributed by atoms with Crippen LogP contribution in [0.15, 0.2) is 30.3 Å². The normalized spacial score (nSPS) is 24.1. The number of likely N-dealkylation sites (tertiary alicyclic amines) is 1. The topological polar surface area (TPSA) is 102 Å². The predicted octanol–water partition coefficient (Wildman–Crippen LogP) is 1.02. The lowest BCUT2D eigenvalue weighted by Gasteiger charge is -2.42. The van der Waals surface area contributed by atoms with Crippen LogP contribution in [-0.2, 0) is 16.1 Å². The molecule has 1 heterocycles. The number of likely N-dealkylation sites (N-methyl/N-ethyl adjacent to an activating group) is 1. The number of carbonyl (C=O) groups excluding carboxylic acids is 2. The lowest BCUT2D eigenvalue weighted by molar-refractivity contribution is -0.139. The van der Waals surface area contributed by atoms with Crippen LogP contribution in [0.2, 0.25) is 0 Å². The third-order valence-electron chi connectivity index (χ3n) is 5.53. The maximum Gasteiger partial charge on any atom is 0.317 e. The van der Waals surface area contributed by atoms with Gasteiger partial charge in [-0.2, -0.15) is 0 Å². The molecule has 3 amide bonds. The van der Waals surface area contributed by atoms with Crippen molar-refractivity contribution in [3.05, 3.63) is 35.9 Å². The van der Waals surface area contributed by atoms with Crippen molar-refractivity contribution in [2.24, 2.45) is 0 Å². The van der Waals surface area contributed by atoms with Crippen molar-refractivity contribution in [1.82, 2.24) is 20.4 Å². The van der Waals surface area contributed by atoms with E-state index in [0.29, 0.717) is 26.1 Å². The van der Waals surface area contributed by atoms with Gasteiger partial charge in [0, 0.05) is 25.2 Å². The van der Waals surface area contributed by atoms with E-state index in [1.54, 1.807) is 4.90 Å². The number of rotatable bonds is 8. The molecule has 0 bridgehead atoms. The van der Waals surface area contributed by atoms with Crippen molar-refractivity contribution in [3.8, 4) is 0 Å². The molecule has 1 aromatic carbocycles.